The number of halogens is 1. The van der Waals surface area contributed by atoms with Gasteiger partial charge in [0, 0.05) is 24.2 Å². The molecule has 2 N–H and O–H groups in total. The molecule has 1 saturated carbocycles. The summed E-state index contributed by atoms with van der Waals surface area (Å²) >= 11 is 3.51. The largest absolute Gasteiger partial charge is 0.497 e. The predicted octanol–water partition coefficient (Wildman–Crippen LogP) is 5.08. The molecule has 156 valence electrons. The fourth-order valence-electron chi connectivity index (χ4n) is 3.90. The summed E-state index contributed by atoms with van der Waals surface area (Å²) < 4.78 is 5.88. The summed E-state index contributed by atoms with van der Waals surface area (Å²) in [5, 5.41) is 7.47. The van der Waals surface area contributed by atoms with Crippen molar-refractivity contribution in [1.29, 1.82) is 0 Å². The van der Waals surface area contributed by atoms with E-state index in [1.54, 1.807) is 13.3 Å². The minimum atomic E-state index is -0.232. The number of nitrogens with zero attached hydrogens (tertiary/aromatic N) is 2. The van der Waals surface area contributed by atoms with Crippen molar-refractivity contribution in [3.63, 3.8) is 0 Å². The Labute approximate surface area is 184 Å². The van der Waals surface area contributed by atoms with Crippen molar-refractivity contribution in [3.05, 3.63) is 58.5 Å². The highest BCUT2D eigenvalue weighted by Crippen LogP contribution is 2.32. The lowest BCUT2D eigenvalue weighted by Gasteiger charge is -2.25. The summed E-state index contributed by atoms with van der Waals surface area (Å²) in [6, 6.07) is 11.8. The molecular formula is C23H25BrN4O2. The number of methoxy groups -OCH3 is 1. The summed E-state index contributed by atoms with van der Waals surface area (Å²) in [5.74, 6) is 0.529. The van der Waals surface area contributed by atoms with Gasteiger partial charge in [0.05, 0.1) is 18.3 Å². The topological polar surface area (TPSA) is 76.1 Å². The lowest BCUT2D eigenvalue weighted by molar-refractivity contribution is 0.0946. The van der Waals surface area contributed by atoms with Gasteiger partial charge in [-0.15, -0.1) is 0 Å². The van der Waals surface area contributed by atoms with Gasteiger partial charge < -0.3 is 15.4 Å². The van der Waals surface area contributed by atoms with Crippen LogP contribution in [0.2, 0.25) is 0 Å². The number of nitrogens with one attached hydrogen (secondary N) is 2. The number of benzene rings is 1. The number of aromatic nitrogens is 2. The average Bonchev–Trinajstić information content (AvgIpc) is 2.80. The van der Waals surface area contributed by atoms with E-state index in [1.807, 2.05) is 36.4 Å². The molecule has 7 heteroatoms. The van der Waals surface area contributed by atoms with E-state index >= 15 is 0 Å². The van der Waals surface area contributed by atoms with Crippen molar-refractivity contribution in [1.82, 2.24) is 15.3 Å². The van der Waals surface area contributed by atoms with Crippen molar-refractivity contribution >= 4 is 38.4 Å². The van der Waals surface area contributed by atoms with Crippen molar-refractivity contribution in [2.24, 2.45) is 0 Å². The quantitative estimate of drug-likeness (QED) is 0.493. The first-order valence-electron chi connectivity index (χ1n) is 10.3. The molecule has 0 saturated heterocycles. The number of anilines is 1. The van der Waals surface area contributed by atoms with Crippen LogP contribution in [0, 0.1) is 0 Å². The molecule has 1 fully saturated rings. The molecule has 0 aliphatic heterocycles. The van der Waals surface area contributed by atoms with Gasteiger partial charge in [0.25, 0.3) is 5.91 Å². The molecule has 2 heterocycles. The third-order valence-electron chi connectivity index (χ3n) is 5.47. The molecule has 2 aromatic heterocycles. The Morgan fingerprint density at radius 1 is 1.20 bits per heavy atom. The zero-order valence-corrected chi connectivity index (χ0v) is 18.5. The summed E-state index contributed by atoms with van der Waals surface area (Å²) in [4.78, 5) is 22.3. The maximum absolute atomic E-state index is 13.1. The number of carbonyl (C=O) groups is 1. The monoisotopic (exact) mass is 468 g/mol. The Morgan fingerprint density at radius 3 is 2.83 bits per heavy atom. The van der Waals surface area contributed by atoms with E-state index in [1.165, 1.54) is 19.3 Å². The van der Waals surface area contributed by atoms with Gasteiger partial charge in [0.2, 0.25) is 0 Å². The highest BCUT2D eigenvalue weighted by Gasteiger charge is 2.23. The van der Waals surface area contributed by atoms with Crippen molar-refractivity contribution in [2.75, 3.05) is 12.4 Å². The van der Waals surface area contributed by atoms with E-state index in [2.05, 4.69) is 36.5 Å². The third kappa shape index (κ3) is 4.56. The van der Waals surface area contributed by atoms with Gasteiger partial charge in [0.15, 0.2) is 5.69 Å². The van der Waals surface area contributed by atoms with Gasteiger partial charge in [-0.3, -0.25) is 9.78 Å². The minimum Gasteiger partial charge on any atom is -0.497 e. The van der Waals surface area contributed by atoms with E-state index in [4.69, 9.17) is 4.74 Å². The summed E-state index contributed by atoms with van der Waals surface area (Å²) in [5.41, 5.74) is 2.80. The molecule has 3 aromatic rings. The number of pyridine rings is 2. The van der Waals surface area contributed by atoms with Gasteiger partial charge in [-0.1, -0.05) is 31.4 Å². The molecule has 1 amide bonds. The van der Waals surface area contributed by atoms with Gasteiger partial charge in [-0.05, 0) is 58.6 Å². The number of amides is 1. The first-order chi connectivity index (χ1) is 14.7. The van der Waals surface area contributed by atoms with Crippen molar-refractivity contribution < 1.29 is 9.53 Å². The van der Waals surface area contributed by atoms with E-state index in [0.717, 1.165) is 35.1 Å². The fourth-order valence-corrected chi connectivity index (χ4v) is 4.40. The average molecular weight is 469 g/mol. The number of hydrogen-bond donors (Lipinski definition) is 2. The van der Waals surface area contributed by atoms with Crippen LogP contribution in [0.15, 0.2) is 47.2 Å². The van der Waals surface area contributed by atoms with Crippen LogP contribution in [0.3, 0.4) is 0 Å². The smallest absolute Gasteiger partial charge is 0.272 e. The first kappa shape index (κ1) is 20.6. The van der Waals surface area contributed by atoms with E-state index < -0.39 is 0 Å². The number of rotatable bonds is 6. The van der Waals surface area contributed by atoms with Crippen LogP contribution in [-0.4, -0.2) is 29.0 Å². The molecule has 1 aromatic carbocycles. The van der Waals surface area contributed by atoms with Gasteiger partial charge >= 0.3 is 0 Å². The van der Waals surface area contributed by atoms with Crippen molar-refractivity contribution in [2.45, 2.75) is 44.7 Å². The summed E-state index contributed by atoms with van der Waals surface area (Å²) in [6.07, 6.45) is 7.60. The Bertz CT molecular complexity index is 1050. The molecule has 6 nitrogen and oxygen atoms in total. The molecule has 0 radical (unpaired) electrons. The van der Waals surface area contributed by atoms with Crippen molar-refractivity contribution in [3.8, 4) is 5.75 Å². The molecule has 1 aliphatic carbocycles. The maximum atomic E-state index is 13.1. The second kappa shape index (κ2) is 9.43. The zero-order chi connectivity index (χ0) is 20.9. The molecule has 4 rings (SSSR count). The summed E-state index contributed by atoms with van der Waals surface area (Å²) in [6.45, 7) is 0.387. The van der Waals surface area contributed by atoms with Crippen LogP contribution in [0.25, 0.3) is 10.9 Å². The standard InChI is InChI=1S/C23H25BrN4O2/c1-30-17-10-5-7-15(13-17)14-26-23(29)21-20(27-16-8-3-2-4-9-16)19-18(22(24)28-21)11-6-12-25-19/h5-7,10-13,16,27H,2-4,8-9,14H2,1H3,(H,26,29). The molecule has 0 atom stereocenters. The normalized spacial score (nSPS) is 14.5. The van der Waals surface area contributed by atoms with Gasteiger partial charge in [-0.25, -0.2) is 4.98 Å². The Hall–Kier alpha value is -2.67. The van der Waals surface area contributed by atoms with Crippen LogP contribution in [0.1, 0.15) is 48.2 Å². The Balaban J connectivity index is 1.64. The molecule has 1 aliphatic rings. The second-order valence-electron chi connectivity index (χ2n) is 7.54. The van der Waals surface area contributed by atoms with Gasteiger partial charge in [-0.2, -0.15) is 0 Å². The fraction of sp³-hybridized carbons (Fsp3) is 0.348. The van der Waals surface area contributed by atoms with Crippen LogP contribution in [-0.2, 0) is 6.54 Å². The van der Waals surface area contributed by atoms with Crippen LogP contribution in [0.4, 0.5) is 5.69 Å². The first-order valence-corrected chi connectivity index (χ1v) is 11.1. The number of hydrogen-bond acceptors (Lipinski definition) is 5. The minimum absolute atomic E-state index is 0.232. The third-order valence-corrected chi connectivity index (χ3v) is 6.07. The summed E-state index contributed by atoms with van der Waals surface area (Å²) in [7, 11) is 1.63. The maximum Gasteiger partial charge on any atom is 0.272 e. The SMILES string of the molecule is COc1cccc(CNC(=O)c2nc(Br)c3cccnc3c2NC2CCCCC2)c1. The molecule has 30 heavy (non-hydrogen) atoms. The van der Waals surface area contributed by atoms with Gasteiger partial charge in [0.1, 0.15) is 10.4 Å². The van der Waals surface area contributed by atoms with E-state index in [-0.39, 0.29) is 5.91 Å². The molecule has 0 unspecified atom stereocenters. The highest BCUT2D eigenvalue weighted by atomic mass is 79.9. The van der Waals surface area contributed by atoms with Crippen LogP contribution in [0.5, 0.6) is 5.75 Å². The number of carbonyl (C=O) groups excluding carboxylic acids is 1. The lowest BCUT2D eigenvalue weighted by atomic mass is 9.95. The van der Waals surface area contributed by atoms with E-state index in [0.29, 0.717) is 28.6 Å². The zero-order valence-electron chi connectivity index (χ0n) is 17.0. The van der Waals surface area contributed by atoms with E-state index in [9.17, 15) is 4.79 Å². The van der Waals surface area contributed by atoms with Crippen LogP contribution < -0.4 is 15.4 Å². The molecule has 0 spiro atoms. The number of fused-ring (bicyclic) bond motifs is 1. The molecule has 0 bridgehead atoms. The molecular weight excluding hydrogens is 444 g/mol. The number of ether oxygens (including phenoxy) is 1. The Kier molecular flexibility index (Phi) is 6.47. The predicted molar refractivity (Wildman–Crippen MR) is 122 cm³/mol. The Morgan fingerprint density at radius 2 is 2.03 bits per heavy atom. The second-order valence-corrected chi connectivity index (χ2v) is 8.29. The van der Waals surface area contributed by atoms with Crippen LogP contribution >= 0.6 is 15.9 Å². The highest BCUT2D eigenvalue weighted by molar-refractivity contribution is 9.10. The lowest BCUT2D eigenvalue weighted by Crippen LogP contribution is -2.28.